The first kappa shape index (κ1) is 17.5. The number of unbranched alkanes of at least 4 members (excludes halogenated alkanes) is 2. The molecular weight excluding hydrogens is 289 g/mol. The van der Waals surface area contributed by atoms with Gasteiger partial charge in [-0.05, 0) is 43.0 Å². The van der Waals surface area contributed by atoms with E-state index in [4.69, 9.17) is 5.11 Å². The molecule has 0 aliphatic carbocycles. The lowest BCUT2D eigenvalue weighted by Crippen LogP contribution is -2.25. The lowest BCUT2D eigenvalue weighted by molar-refractivity contribution is 0.0949. The Morgan fingerprint density at radius 2 is 2.19 bits per heavy atom. The van der Waals surface area contributed by atoms with Gasteiger partial charge in [0.15, 0.2) is 0 Å². The van der Waals surface area contributed by atoms with E-state index >= 15 is 0 Å². The van der Waals surface area contributed by atoms with Crippen LogP contribution in [-0.2, 0) is 0 Å². The van der Waals surface area contributed by atoms with Gasteiger partial charge in [-0.25, -0.2) is 4.39 Å². The summed E-state index contributed by atoms with van der Waals surface area (Å²) in [7, 11) is 0. The van der Waals surface area contributed by atoms with Gasteiger partial charge in [-0.3, -0.25) is 4.79 Å². The second-order valence-corrected chi connectivity index (χ2v) is 5.45. The van der Waals surface area contributed by atoms with Crippen LogP contribution in [0.1, 0.15) is 35.2 Å². The van der Waals surface area contributed by atoms with Crippen molar-refractivity contribution < 1.29 is 14.3 Å². The second kappa shape index (κ2) is 10.3. The maximum absolute atomic E-state index is 13.8. The van der Waals surface area contributed by atoms with Crippen LogP contribution in [0, 0.1) is 17.7 Å². The number of hydrogen-bond acceptors (Lipinski definition) is 3. The average Bonchev–Trinajstić information content (AvgIpc) is 2.48. The SMILES string of the molecule is CSCCCCCNC(=O)c1ccc(C#CCO)cc1F. The Hall–Kier alpha value is -1.51. The summed E-state index contributed by atoms with van der Waals surface area (Å²) in [6, 6.07) is 4.19. The van der Waals surface area contributed by atoms with Crippen molar-refractivity contribution in [2.24, 2.45) is 0 Å². The van der Waals surface area contributed by atoms with E-state index in [-0.39, 0.29) is 12.2 Å². The molecule has 5 heteroatoms. The number of carbonyl (C=O) groups is 1. The lowest BCUT2D eigenvalue weighted by atomic mass is 10.1. The summed E-state index contributed by atoms with van der Waals surface area (Å²) in [5, 5.41) is 11.3. The molecule has 0 aromatic heterocycles. The Morgan fingerprint density at radius 3 is 2.86 bits per heavy atom. The van der Waals surface area contributed by atoms with Crippen molar-refractivity contribution in [3.63, 3.8) is 0 Å². The van der Waals surface area contributed by atoms with Gasteiger partial charge in [0.25, 0.3) is 5.91 Å². The number of thioether (sulfide) groups is 1. The first-order valence-corrected chi connectivity index (χ1v) is 8.25. The van der Waals surface area contributed by atoms with Crippen molar-refractivity contribution in [2.75, 3.05) is 25.2 Å². The topological polar surface area (TPSA) is 49.3 Å². The second-order valence-electron chi connectivity index (χ2n) is 4.46. The molecule has 0 aliphatic rings. The summed E-state index contributed by atoms with van der Waals surface area (Å²) in [6.45, 7) is 0.277. The zero-order valence-corrected chi connectivity index (χ0v) is 12.9. The molecule has 0 saturated heterocycles. The number of halogens is 1. The van der Waals surface area contributed by atoms with E-state index < -0.39 is 11.7 Å². The molecule has 0 radical (unpaired) electrons. The van der Waals surface area contributed by atoms with Gasteiger partial charge in [-0.2, -0.15) is 11.8 Å². The third kappa shape index (κ3) is 6.65. The number of aliphatic hydroxyl groups is 1. The average molecular weight is 309 g/mol. The summed E-state index contributed by atoms with van der Waals surface area (Å²) < 4.78 is 13.8. The van der Waals surface area contributed by atoms with Crippen LogP contribution in [0.25, 0.3) is 0 Å². The number of rotatable bonds is 7. The number of aliphatic hydroxyl groups excluding tert-OH is 1. The fraction of sp³-hybridized carbons (Fsp3) is 0.438. The van der Waals surface area contributed by atoms with Gasteiger partial charge < -0.3 is 10.4 Å². The predicted molar refractivity (Wildman–Crippen MR) is 84.9 cm³/mol. The van der Waals surface area contributed by atoms with Crippen molar-refractivity contribution in [3.05, 3.63) is 35.1 Å². The van der Waals surface area contributed by atoms with Crippen molar-refractivity contribution >= 4 is 17.7 Å². The standard InChI is InChI=1S/C16H20FNO2S/c1-21-11-4-2-3-9-18-16(20)14-8-7-13(6-5-10-19)12-15(14)17/h7-8,12,19H,2-4,9-11H2,1H3,(H,18,20). The Labute approximate surface area is 129 Å². The van der Waals surface area contributed by atoms with Crippen molar-refractivity contribution in [3.8, 4) is 11.8 Å². The number of benzene rings is 1. The van der Waals surface area contributed by atoms with Crippen LogP contribution >= 0.6 is 11.8 Å². The smallest absolute Gasteiger partial charge is 0.254 e. The maximum atomic E-state index is 13.8. The first-order valence-electron chi connectivity index (χ1n) is 6.85. The number of carbonyl (C=O) groups excluding carboxylic acids is 1. The summed E-state index contributed by atoms with van der Waals surface area (Å²) in [5.74, 6) is 5.16. The van der Waals surface area contributed by atoms with Crippen LogP contribution in [0.2, 0.25) is 0 Å². The van der Waals surface area contributed by atoms with Gasteiger partial charge in [0.1, 0.15) is 12.4 Å². The summed E-state index contributed by atoms with van der Waals surface area (Å²) in [5.41, 5.74) is 0.462. The van der Waals surface area contributed by atoms with Crippen LogP contribution in [0.4, 0.5) is 4.39 Å². The minimum atomic E-state index is -0.598. The van der Waals surface area contributed by atoms with E-state index in [2.05, 4.69) is 23.4 Å². The monoisotopic (exact) mass is 309 g/mol. The molecule has 0 bridgehead atoms. The van der Waals surface area contributed by atoms with Crippen LogP contribution in [0.15, 0.2) is 18.2 Å². The summed E-state index contributed by atoms with van der Waals surface area (Å²) in [4.78, 5) is 11.8. The molecule has 0 heterocycles. The van der Waals surface area contributed by atoms with E-state index in [0.29, 0.717) is 12.1 Å². The zero-order valence-electron chi connectivity index (χ0n) is 12.1. The minimum absolute atomic E-state index is 0.0219. The molecule has 0 spiro atoms. The summed E-state index contributed by atoms with van der Waals surface area (Å²) >= 11 is 1.81. The van der Waals surface area contributed by atoms with Crippen molar-refractivity contribution in [2.45, 2.75) is 19.3 Å². The molecule has 114 valence electrons. The summed E-state index contributed by atoms with van der Waals surface area (Å²) in [6.07, 6.45) is 5.15. The van der Waals surface area contributed by atoms with Gasteiger partial charge in [-0.1, -0.05) is 18.3 Å². The predicted octanol–water partition coefficient (Wildman–Crippen LogP) is 2.43. The third-order valence-electron chi connectivity index (χ3n) is 2.84. The largest absolute Gasteiger partial charge is 0.384 e. The van der Waals surface area contributed by atoms with E-state index in [0.717, 1.165) is 25.0 Å². The minimum Gasteiger partial charge on any atom is -0.384 e. The normalized spacial score (nSPS) is 9.86. The van der Waals surface area contributed by atoms with E-state index in [9.17, 15) is 9.18 Å². The van der Waals surface area contributed by atoms with Gasteiger partial charge in [-0.15, -0.1) is 0 Å². The molecule has 1 amide bonds. The molecular formula is C16H20FNO2S. The highest BCUT2D eigenvalue weighted by Crippen LogP contribution is 2.10. The molecule has 3 nitrogen and oxygen atoms in total. The molecule has 1 aromatic carbocycles. The van der Waals surface area contributed by atoms with Crippen LogP contribution in [0.3, 0.4) is 0 Å². The van der Waals surface area contributed by atoms with Gasteiger partial charge in [0, 0.05) is 12.1 Å². The van der Waals surface area contributed by atoms with Gasteiger partial charge in [0.05, 0.1) is 5.56 Å². The van der Waals surface area contributed by atoms with E-state index in [1.54, 1.807) is 6.07 Å². The molecule has 0 fully saturated rings. The van der Waals surface area contributed by atoms with Crippen molar-refractivity contribution in [1.82, 2.24) is 5.32 Å². The molecule has 0 atom stereocenters. The highest BCUT2D eigenvalue weighted by molar-refractivity contribution is 7.98. The highest BCUT2D eigenvalue weighted by atomic mass is 32.2. The first-order chi connectivity index (χ1) is 10.2. The fourth-order valence-electron chi connectivity index (χ4n) is 1.76. The molecule has 0 unspecified atom stereocenters. The molecule has 1 rings (SSSR count). The molecule has 2 N–H and O–H groups in total. The van der Waals surface area contributed by atoms with Gasteiger partial charge in [0.2, 0.25) is 0 Å². The van der Waals surface area contributed by atoms with Crippen molar-refractivity contribution in [1.29, 1.82) is 0 Å². The number of nitrogens with one attached hydrogen (secondary N) is 1. The Bertz CT molecular complexity index is 523. The number of amides is 1. The molecule has 1 aromatic rings. The van der Waals surface area contributed by atoms with Crippen LogP contribution < -0.4 is 5.32 Å². The quantitative estimate of drug-likeness (QED) is 0.601. The highest BCUT2D eigenvalue weighted by Gasteiger charge is 2.11. The molecule has 21 heavy (non-hydrogen) atoms. The lowest BCUT2D eigenvalue weighted by Gasteiger charge is -2.06. The molecule has 0 aliphatic heterocycles. The van der Waals surface area contributed by atoms with Crippen LogP contribution in [0.5, 0.6) is 0 Å². The third-order valence-corrected chi connectivity index (χ3v) is 3.53. The Morgan fingerprint density at radius 1 is 1.38 bits per heavy atom. The fourth-order valence-corrected chi connectivity index (χ4v) is 2.26. The van der Waals surface area contributed by atoms with Gasteiger partial charge >= 0.3 is 0 Å². The van der Waals surface area contributed by atoms with E-state index in [1.807, 2.05) is 11.8 Å². The Kier molecular flexibility index (Phi) is 8.56. The zero-order chi connectivity index (χ0) is 15.5. The Balaban J connectivity index is 2.47. The van der Waals surface area contributed by atoms with E-state index in [1.165, 1.54) is 12.1 Å². The molecule has 0 saturated carbocycles. The number of hydrogen-bond donors (Lipinski definition) is 2. The van der Waals surface area contributed by atoms with Crippen LogP contribution in [-0.4, -0.2) is 36.2 Å². The maximum Gasteiger partial charge on any atom is 0.254 e.